The molecule has 1 N–H and O–H groups in total. The van der Waals surface area contributed by atoms with Crippen molar-refractivity contribution in [2.24, 2.45) is 0 Å². The van der Waals surface area contributed by atoms with Gasteiger partial charge in [0, 0.05) is 32.2 Å². The van der Waals surface area contributed by atoms with Crippen molar-refractivity contribution >= 4 is 9.39 Å². The van der Waals surface area contributed by atoms with Crippen LogP contribution in [0.3, 0.4) is 0 Å². The van der Waals surface area contributed by atoms with Gasteiger partial charge >= 0.3 is 0 Å². The van der Waals surface area contributed by atoms with Crippen LogP contribution in [0.1, 0.15) is 32.6 Å². The zero-order valence-electron chi connectivity index (χ0n) is 9.65. The van der Waals surface area contributed by atoms with Gasteiger partial charge in [0.2, 0.25) is 0 Å². The third kappa shape index (κ3) is 3.13. The Morgan fingerprint density at radius 2 is 1.67 bits per heavy atom. The maximum absolute atomic E-state index is 9.90. The van der Waals surface area contributed by atoms with Crippen molar-refractivity contribution in [2.45, 2.75) is 44.2 Å². The summed E-state index contributed by atoms with van der Waals surface area (Å²) in [5.74, 6) is 0. The third-order valence-electron chi connectivity index (χ3n) is 3.90. The molecule has 1 aliphatic heterocycles. The van der Waals surface area contributed by atoms with Crippen LogP contribution in [-0.4, -0.2) is 52.5 Å². The van der Waals surface area contributed by atoms with Crippen LogP contribution in [0.25, 0.3) is 0 Å². The summed E-state index contributed by atoms with van der Waals surface area (Å²) >= 11 is 0. The zero-order chi connectivity index (χ0) is 10.9. The van der Waals surface area contributed by atoms with Crippen molar-refractivity contribution in [3.8, 4) is 0 Å². The van der Waals surface area contributed by atoms with Crippen LogP contribution >= 0.6 is 9.39 Å². The molecule has 0 aromatic heterocycles. The molecule has 1 atom stereocenters. The fourth-order valence-corrected chi connectivity index (χ4v) is 2.92. The lowest BCUT2D eigenvalue weighted by molar-refractivity contribution is -0.00968. The van der Waals surface area contributed by atoms with Gasteiger partial charge in [0.25, 0.3) is 0 Å². The van der Waals surface area contributed by atoms with Crippen LogP contribution in [0.15, 0.2) is 0 Å². The highest BCUT2D eigenvalue weighted by Gasteiger charge is 2.32. The Bertz CT molecular complexity index is 205. The van der Waals surface area contributed by atoms with E-state index in [1.807, 2.05) is 6.92 Å². The van der Waals surface area contributed by atoms with Gasteiger partial charge in [-0.25, -0.2) is 0 Å². The van der Waals surface area contributed by atoms with E-state index in [9.17, 15) is 5.11 Å². The molecule has 0 spiro atoms. The van der Waals surface area contributed by atoms with Crippen molar-refractivity contribution in [3.05, 3.63) is 0 Å². The minimum atomic E-state index is -0.390. The van der Waals surface area contributed by atoms with Crippen molar-refractivity contribution in [1.82, 2.24) is 9.57 Å². The highest BCUT2D eigenvalue weighted by molar-refractivity contribution is 7.13. The van der Waals surface area contributed by atoms with Crippen LogP contribution in [0.5, 0.6) is 0 Å². The van der Waals surface area contributed by atoms with Gasteiger partial charge in [-0.15, -0.1) is 0 Å². The first-order valence-corrected chi connectivity index (χ1v) is 6.54. The summed E-state index contributed by atoms with van der Waals surface area (Å²) in [6.45, 7) is 6.69. The van der Waals surface area contributed by atoms with Crippen molar-refractivity contribution in [2.75, 3.05) is 26.2 Å². The molecule has 1 saturated carbocycles. The smallest absolute Gasteiger partial charge is 0.0621 e. The molecule has 0 radical (unpaired) electrons. The molecule has 4 heteroatoms. The van der Waals surface area contributed by atoms with Crippen LogP contribution in [0.4, 0.5) is 0 Å². The van der Waals surface area contributed by atoms with Gasteiger partial charge in [0.1, 0.15) is 0 Å². The van der Waals surface area contributed by atoms with E-state index in [1.54, 1.807) is 0 Å². The predicted octanol–water partition coefficient (Wildman–Crippen LogP) is 1.09. The van der Waals surface area contributed by atoms with E-state index >= 15 is 0 Å². The van der Waals surface area contributed by atoms with E-state index in [2.05, 4.69) is 19.0 Å². The lowest BCUT2D eigenvalue weighted by atomic mass is 9.83. The van der Waals surface area contributed by atoms with Crippen LogP contribution < -0.4 is 0 Å². The molecule has 0 aromatic rings. The second-order valence-electron chi connectivity index (χ2n) is 5.30. The van der Waals surface area contributed by atoms with Crippen LogP contribution in [0, 0.1) is 0 Å². The van der Waals surface area contributed by atoms with E-state index in [0.29, 0.717) is 0 Å². The molecule has 0 amide bonds. The summed E-state index contributed by atoms with van der Waals surface area (Å²) in [6.07, 6.45) is 4.28. The van der Waals surface area contributed by atoms with Gasteiger partial charge in [-0.1, -0.05) is 9.39 Å². The number of rotatable bonds is 1. The monoisotopic (exact) mass is 230 g/mol. The fourth-order valence-electron chi connectivity index (χ4n) is 2.69. The number of aliphatic hydroxyl groups is 1. The first kappa shape index (κ1) is 11.8. The average Bonchev–Trinajstić information content (AvgIpc) is 2.20. The molecule has 1 heterocycles. The maximum Gasteiger partial charge on any atom is 0.0621 e. The molecule has 2 fully saturated rings. The molecule has 2 rings (SSSR count). The number of piperazine rings is 1. The second-order valence-corrected chi connectivity index (χ2v) is 6.03. The minimum Gasteiger partial charge on any atom is -0.390 e. The summed E-state index contributed by atoms with van der Waals surface area (Å²) in [5, 5.41) is 9.90. The Labute approximate surface area is 95.1 Å². The highest BCUT2D eigenvalue weighted by atomic mass is 31.0. The SMILES string of the molecule is CC1(O)CCC(N2CCN(P)CC2)CC1. The van der Waals surface area contributed by atoms with E-state index in [4.69, 9.17) is 0 Å². The van der Waals surface area contributed by atoms with Gasteiger partial charge in [0.15, 0.2) is 0 Å². The summed E-state index contributed by atoms with van der Waals surface area (Å²) < 4.78 is 2.31. The summed E-state index contributed by atoms with van der Waals surface area (Å²) in [7, 11) is 2.79. The van der Waals surface area contributed by atoms with Crippen molar-refractivity contribution < 1.29 is 5.11 Å². The van der Waals surface area contributed by atoms with E-state index < -0.39 is 0 Å². The Hall–Kier alpha value is 0.310. The normalized spacial score (nSPS) is 40.6. The number of nitrogens with zero attached hydrogens (tertiary/aromatic N) is 2. The molecule has 1 aliphatic carbocycles. The van der Waals surface area contributed by atoms with E-state index in [0.717, 1.165) is 32.0 Å². The van der Waals surface area contributed by atoms with Gasteiger partial charge < -0.3 is 5.11 Å². The quantitative estimate of drug-likeness (QED) is 0.683. The molecule has 88 valence electrons. The number of hydrogen-bond acceptors (Lipinski definition) is 3. The molecule has 0 bridgehead atoms. The number of hydrogen-bond donors (Lipinski definition) is 1. The standard InChI is InChI=1S/C11H23N2OP/c1-11(14)4-2-10(3-5-11)12-6-8-13(15)9-7-12/h10,14H,2-9,15H2,1H3. The molecule has 0 aromatic carbocycles. The maximum atomic E-state index is 9.90. The predicted molar refractivity (Wildman–Crippen MR) is 65.7 cm³/mol. The zero-order valence-corrected chi connectivity index (χ0v) is 10.8. The van der Waals surface area contributed by atoms with Gasteiger partial charge in [-0.05, 0) is 32.6 Å². The Kier molecular flexibility index (Phi) is 3.67. The molecule has 1 unspecified atom stereocenters. The van der Waals surface area contributed by atoms with Gasteiger partial charge in [0.05, 0.1) is 5.60 Å². The Morgan fingerprint density at radius 1 is 1.13 bits per heavy atom. The van der Waals surface area contributed by atoms with E-state index in [1.165, 1.54) is 25.9 Å². The summed E-state index contributed by atoms with van der Waals surface area (Å²) in [5.41, 5.74) is -0.390. The first-order valence-electron chi connectivity index (χ1n) is 6.03. The largest absolute Gasteiger partial charge is 0.390 e. The second kappa shape index (κ2) is 4.67. The lowest BCUT2D eigenvalue weighted by Crippen LogP contribution is -2.49. The molecular formula is C11H23N2OP. The molecule has 15 heavy (non-hydrogen) atoms. The summed E-state index contributed by atoms with van der Waals surface area (Å²) in [6, 6.07) is 0.726. The molecule has 3 nitrogen and oxygen atoms in total. The Balaban J connectivity index is 1.80. The minimum absolute atomic E-state index is 0.390. The van der Waals surface area contributed by atoms with Crippen molar-refractivity contribution in [3.63, 3.8) is 0 Å². The first-order chi connectivity index (χ1) is 7.07. The lowest BCUT2D eigenvalue weighted by Gasteiger charge is -2.42. The van der Waals surface area contributed by atoms with Crippen LogP contribution in [0.2, 0.25) is 0 Å². The third-order valence-corrected chi connectivity index (χ3v) is 4.41. The van der Waals surface area contributed by atoms with Crippen LogP contribution in [-0.2, 0) is 0 Å². The van der Waals surface area contributed by atoms with Gasteiger partial charge in [-0.2, -0.15) is 0 Å². The fraction of sp³-hybridized carbons (Fsp3) is 1.00. The summed E-state index contributed by atoms with van der Waals surface area (Å²) in [4.78, 5) is 2.61. The van der Waals surface area contributed by atoms with E-state index in [-0.39, 0.29) is 5.60 Å². The van der Waals surface area contributed by atoms with Gasteiger partial charge in [-0.3, -0.25) is 9.57 Å². The average molecular weight is 230 g/mol. The van der Waals surface area contributed by atoms with Crippen molar-refractivity contribution in [1.29, 1.82) is 0 Å². The highest BCUT2D eigenvalue weighted by Crippen LogP contribution is 2.30. The molecular weight excluding hydrogens is 207 g/mol. The Morgan fingerprint density at radius 3 is 2.20 bits per heavy atom. The topological polar surface area (TPSA) is 26.7 Å². The molecule has 1 saturated heterocycles. The molecule has 2 aliphatic rings.